The first-order valence-corrected chi connectivity index (χ1v) is 6.41. The first-order chi connectivity index (χ1) is 9.51. The predicted molar refractivity (Wildman–Crippen MR) is 74.3 cm³/mol. The molecule has 106 valence electrons. The first-order valence-electron chi connectivity index (χ1n) is 6.41. The van der Waals surface area contributed by atoms with Gasteiger partial charge in [-0.1, -0.05) is 0 Å². The topological polar surface area (TPSA) is 87.3 Å². The van der Waals surface area contributed by atoms with Crippen LogP contribution in [0.3, 0.4) is 0 Å². The lowest BCUT2D eigenvalue weighted by Gasteiger charge is -2.12. The zero-order valence-electron chi connectivity index (χ0n) is 11.4. The van der Waals surface area contributed by atoms with E-state index >= 15 is 0 Å². The number of benzene rings is 1. The quantitative estimate of drug-likeness (QED) is 0.747. The molecule has 0 bridgehead atoms. The zero-order valence-corrected chi connectivity index (χ0v) is 11.4. The predicted octanol–water partition coefficient (Wildman–Crippen LogP) is 0.429. The molecule has 1 unspecified atom stereocenters. The fourth-order valence-electron chi connectivity index (χ4n) is 2.11. The molecule has 1 fully saturated rings. The van der Waals surface area contributed by atoms with Crippen molar-refractivity contribution in [3.05, 3.63) is 29.3 Å². The molecule has 6 nitrogen and oxygen atoms in total. The minimum Gasteiger partial charge on any atom is -0.355 e. The van der Waals surface area contributed by atoms with Crippen LogP contribution in [0.4, 0.5) is 5.69 Å². The number of carbonyl (C=O) groups is 3. The molecule has 0 aliphatic carbocycles. The Morgan fingerprint density at radius 3 is 2.65 bits per heavy atom. The van der Waals surface area contributed by atoms with Gasteiger partial charge < -0.3 is 16.0 Å². The maximum atomic E-state index is 12.0. The van der Waals surface area contributed by atoms with Crippen LogP contribution in [0, 0.1) is 12.8 Å². The third kappa shape index (κ3) is 2.96. The van der Waals surface area contributed by atoms with Crippen LogP contribution in [-0.4, -0.2) is 31.3 Å². The van der Waals surface area contributed by atoms with E-state index in [0.717, 1.165) is 5.56 Å². The van der Waals surface area contributed by atoms with Gasteiger partial charge in [0.15, 0.2) is 0 Å². The Bertz CT molecular complexity index is 569. The molecule has 6 heteroatoms. The van der Waals surface area contributed by atoms with Crippen LogP contribution in [0.15, 0.2) is 18.2 Å². The van der Waals surface area contributed by atoms with Gasteiger partial charge in [0, 0.05) is 31.3 Å². The average molecular weight is 275 g/mol. The molecule has 1 aromatic rings. The summed E-state index contributed by atoms with van der Waals surface area (Å²) in [6.07, 6.45) is 0.223. The second kappa shape index (κ2) is 5.73. The van der Waals surface area contributed by atoms with Crippen LogP contribution in [0.1, 0.15) is 22.3 Å². The van der Waals surface area contributed by atoms with E-state index < -0.39 is 0 Å². The summed E-state index contributed by atoms with van der Waals surface area (Å²) in [7, 11) is 1.57. The van der Waals surface area contributed by atoms with E-state index in [1.807, 2.05) is 6.92 Å². The Morgan fingerprint density at radius 2 is 2.10 bits per heavy atom. The van der Waals surface area contributed by atoms with Crippen molar-refractivity contribution in [3.8, 4) is 0 Å². The van der Waals surface area contributed by atoms with Gasteiger partial charge in [0.05, 0.1) is 5.92 Å². The highest BCUT2D eigenvalue weighted by Gasteiger charge is 2.28. The maximum Gasteiger partial charge on any atom is 0.251 e. The smallest absolute Gasteiger partial charge is 0.251 e. The molecule has 1 heterocycles. The SMILES string of the molecule is CNC(=O)c1ccc(NC(=O)C2CNC(=O)C2)c(C)c1. The summed E-state index contributed by atoms with van der Waals surface area (Å²) in [6, 6.07) is 5.06. The van der Waals surface area contributed by atoms with E-state index in [0.29, 0.717) is 17.8 Å². The fraction of sp³-hybridized carbons (Fsp3) is 0.357. The van der Waals surface area contributed by atoms with Crippen molar-refractivity contribution < 1.29 is 14.4 Å². The van der Waals surface area contributed by atoms with Gasteiger partial charge in [0.2, 0.25) is 11.8 Å². The molecular weight excluding hydrogens is 258 g/mol. The van der Waals surface area contributed by atoms with Gasteiger partial charge >= 0.3 is 0 Å². The maximum absolute atomic E-state index is 12.0. The largest absolute Gasteiger partial charge is 0.355 e. The molecule has 0 spiro atoms. The molecule has 1 aliphatic rings. The van der Waals surface area contributed by atoms with Crippen molar-refractivity contribution in [2.24, 2.45) is 5.92 Å². The van der Waals surface area contributed by atoms with Crippen LogP contribution < -0.4 is 16.0 Å². The second-order valence-electron chi connectivity index (χ2n) is 4.80. The summed E-state index contributed by atoms with van der Waals surface area (Å²) in [4.78, 5) is 34.6. The van der Waals surface area contributed by atoms with Crippen molar-refractivity contribution in [3.63, 3.8) is 0 Å². The van der Waals surface area contributed by atoms with Gasteiger partial charge in [-0.2, -0.15) is 0 Å². The Hall–Kier alpha value is -2.37. The van der Waals surface area contributed by atoms with Gasteiger partial charge in [-0.05, 0) is 30.7 Å². The summed E-state index contributed by atoms with van der Waals surface area (Å²) < 4.78 is 0. The summed E-state index contributed by atoms with van der Waals surface area (Å²) >= 11 is 0. The minimum atomic E-state index is -0.333. The van der Waals surface area contributed by atoms with Crippen molar-refractivity contribution in [2.45, 2.75) is 13.3 Å². The Kier molecular flexibility index (Phi) is 4.02. The average Bonchev–Trinajstić information content (AvgIpc) is 2.86. The molecule has 1 atom stereocenters. The van der Waals surface area contributed by atoms with Gasteiger partial charge in [-0.3, -0.25) is 14.4 Å². The molecule has 1 aromatic carbocycles. The summed E-state index contributed by atoms with van der Waals surface area (Å²) in [5.74, 6) is -0.784. The second-order valence-corrected chi connectivity index (χ2v) is 4.80. The number of anilines is 1. The Labute approximate surface area is 116 Å². The molecule has 0 aromatic heterocycles. The summed E-state index contributed by atoms with van der Waals surface area (Å²) in [6.45, 7) is 2.19. The van der Waals surface area contributed by atoms with Gasteiger partial charge in [0.25, 0.3) is 5.91 Å². The molecule has 1 saturated heterocycles. The lowest BCUT2D eigenvalue weighted by atomic mass is 10.1. The molecule has 3 amide bonds. The molecule has 3 N–H and O–H groups in total. The van der Waals surface area contributed by atoms with Gasteiger partial charge in [0.1, 0.15) is 0 Å². The number of rotatable bonds is 3. The van der Waals surface area contributed by atoms with Gasteiger partial charge in [-0.25, -0.2) is 0 Å². The van der Waals surface area contributed by atoms with Crippen LogP contribution >= 0.6 is 0 Å². The number of nitrogens with one attached hydrogen (secondary N) is 3. The minimum absolute atomic E-state index is 0.100. The summed E-state index contributed by atoms with van der Waals surface area (Å²) in [5, 5.41) is 7.97. The number of amides is 3. The molecule has 0 radical (unpaired) electrons. The van der Waals surface area contributed by atoms with Crippen LogP contribution in [-0.2, 0) is 9.59 Å². The molecular formula is C14H17N3O3. The molecule has 0 saturated carbocycles. The van der Waals surface area contributed by atoms with Crippen molar-refractivity contribution >= 4 is 23.4 Å². The highest BCUT2D eigenvalue weighted by Crippen LogP contribution is 2.19. The zero-order chi connectivity index (χ0) is 14.7. The Balaban J connectivity index is 2.08. The third-order valence-electron chi connectivity index (χ3n) is 3.32. The fourth-order valence-corrected chi connectivity index (χ4v) is 2.11. The number of carbonyl (C=O) groups excluding carboxylic acids is 3. The standard InChI is InChI=1S/C14H17N3O3/c1-8-5-9(13(19)15-2)3-4-11(8)17-14(20)10-6-12(18)16-7-10/h3-5,10H,6-7H2,1-2H3,(H,15,19)(H,16,18)(H,17,20). The van der Waals surface area contributed by atoms with Crippen LogP contribution in [0.25, 0.3) is 0 Å². The number of hydrogen-bond acceptors (Lipinski definition) is 3. The van der Waals surface area contributed by atoms with E-state index in [-0.39, 0.29) is 30.1 Å². The first kappa shape index (κ1) is 14.0. The normalized spacial score (nSPS) is 17.5. The molecule has 20 heavy (non-hydrogen) atoms. The number of hydrogen-bond donors (Lipinski definition) is 3. The van der Waals surface area contributed by atoms with E-state index in [1.165, 1.54) is 0 Å². The van der Waals surface area contributed by atoms with Crippen molar-refractivity contribution in [1.82, 2.24) is 10.6 Å². The highest BCUT2D eigenvalue weighted by atomic mass is 16.2. The van der Waals surface area contributed by atoms with E-state index in [1.54, 1.807) is 25.2 Å². The highest BCUT2D eigenvalue weighted by molar-refractivity contribution is 5.99. The monoisotopic (exact) mass is 275 g/mol. The van der Waals surface area contributed by atoms with E-state index in [2.05, 4.69) is 16.0 Å². The summed E-state index contributed by atoms with van der Waals surface area (Å²) in [5.41, 5.74) is 2.00. The van der Waals surface area contributed by atoms with Crippen LogP contribution in [0.5, 0.6) is 0 Å². The van der Waals surface area contributed by atoms with E-state index in [9.17, 15) is 14.4 Å². The third-order valence-corrected chi connectivity index (χ3v) is 3.32. The van der Waals surface area contributed by atoms with Crippen molar-refractivity contribution in [1.29, 1.82) is 0 Å². The molecule has 1 aliphatic heterocycles. The Morgan fingerprint density at radius 1 is 1.35 bits per heavy atom. The van der Waals surface area contributed by atoms with Crippen LogP contribution in [0.2, 0.25) is 0 Å². The lowest BCUT2D eigenvalue weighted by Crippen LogP contribution is -2.25. The van der Waals surface area contributed by atoms with Crippen molar-refractivity contribution in [2.75, 3.05) is 18.9 Å². The number of aryl methyl sites for hydroxylation is 1. The lowest BCUT2D eigenvalue weighted by molar-refractivity contribution is -0.123. The van der Waals surface area contributed by atoms with E-state index in [4.69, 9.17) is 0 Å². The van der Waals surface area contributed by atoms with Gasteiger partial charge in [-0.15, -0.1) is 0 Å². The molecule has 2 rings (SSSR count).